The normalized spacial score (nSPS) is 16.4. The van der Waals surface area contributed by atoms with Gasteiger partial charge in [0, 0.05) is 40.5 Å². The number of amides is 1. The van der Waals surface area contributed by atoms with Crippen molar-refractivity contribution in [1.82, 2.24) is 19.9 Å². The Balaban J connectivity index is 1.74. The lowest BCUT2D eigenvalue weighted by Gasteiger charge is -2.10. The molecular formula is C20H15N5OS. The number of thiophene rings is 1. The van der Waals surface area contributed by atoms with Crippen LogP contribution in [0.1, 0.15) is 22.4 Å². The van der Waals surface area contributed by atoms with E-state index in [4.69, 9.17) is 11.4 Å². The Morgan fingerprint density at radius 2 is 2.22 bits per heavy atom. The molecule has 0 saturated carbocycles. The summed E-state index contributed by atoms with van der Waals surface area (Å²) < 4.78 is 2.84. The van der Waals surface area contributed by atoms with E-state index in [2.05, 4.69) is 21.5 Å². The zero-order valence-electron chi connectivity index (χ0n) is 14.5. The molecule has 132 valence electrons. The molecule has 27 heavy (non-hydrogen) atoms. The molecular weight excluding hydrogens is 358 g/mol. The lowest BCUT2D eigenvalue weighted by molar-refractivity contribution is 0.0949. The van der Waals surface area contributed by atoms with Gasteiger partial charge in [-0.15, -0.1) is 17.8 Å². The maximum Gasteiger partial charge on any atom is 0.263 e. The number of rotatable bonds is 1. The smallest absolute Gasteiger partial charge is 0.263 e. The number of carbonyl (C=O) groups excluding carboxylic acids is 1. The van der Waals surface area contributed by atoms with E-state index in [1.54, 1.807) is 17.0 Å². The summed E-state index contributed by atoms with van der Waals surface area (Å²) in [4.78, 5) is 22.2. The van der Waals surface area contributed by atoms with E-state index in [0.29, 0.717) is 18.2 Å². The van der Waals surface area contributed by atoms with E-state index in [-0.39, 0.29) is 11.9 Å². The summed E-state index contributed by atoms with van der Waals surface area (Å²) >= 11 is 1.50. The van der Waals surface area contributed by atoms with Gasteiger partial charge in [-0.25, -0.2) is 9.97 Å². The topological polar surface area (TPSA) is 71.8 Å². The van der Waals surface area contributed by atoms with Gasteiger partial charge in [-0.2, -0.15) is 0 Å². The van der Waals surface area contributed by atoms with Crippen LogP contribution in [0.2, 0.25) is 0 Å². The first kappa shape index (κ1) is 15.9. The highest BCUT2D eigenvalue weighted by molar-refractivity contribution is 7.21. The van der Waals surface area contributed by atoms with Crippen molar-refractivity contribution >= 4 is 43.9 Å². The average molecular weight is 373 g/mol. The number of aromatic nitrogens is 3. The number of benzene rings is 1. The second-order valence-corrected chi connectivity index (χ2v) is 7.55. The summed E-state index contributed by atoms with van der Waals surface area (Å²) in [5.74, 6) is 3.76. The molecule has 0 saturated heterocycles. The fourth-order valence-corrected chi connectivity index (χ4v) is 4.54. The van der Waals surface area contributed by atoms with Gasteiger partial charge >= 0.3 is 0 Å². The standard InChI is InChI=1S/C20H15N5OS/c1-3-15-21-8-9-25(15)16-7-4-12-13(24-16)5-6-14-17(12)18-19(27-14)20(26)23-11(2)10-22-18/h1,4-9,11,22H,10H2,2H3,(H,23,26)/t11-/m1/s1. The van der Waals surface area contributed by atoms with Crippen molar-refractivity contribution in [2.45, 2.75) is 13.0 Å². The molecule has 4 aromatic rings. The molecule has 0 bridgehead atoms. The summed E-state index contributed by atoms with van der Waals surface area (Å²) in [5.41, 5.74) is 1.74. The largest absolute Gasteiger partial charge is 0.381 e. The zero-order chi connectivity index (χ0) is 18.5. The monoisotopic (exact) mass is 373 g/mol. The van der Waals surface area contributed by atoms with E-state index in [1.807, 2.05) is 31.2 Å². The number of terminal acetylenes is 1. The maximum atomic E-state index is 12.5. The van der Waals surface area contributed by atoms with E-state index >= 15 is 0 Å². The SMILES string of the molecule is C#Cc1nccn1-c1ccc2c(ccc3sc4c(c32)NC[C@@H](C)NC4=O)n1. The summed E-state index contributed by atoms with van der Waals surface area (Å²) in [7, 11) is 0. The van der Waals surface area contributed by atoms with Crippen LogP contribution in [0, 0.1) is 12.3 Å². The van der Waals surface area contributed by atoms with Gasteiger partial charge < -0.3 is 10.6 Å². The highest BCUT2D eigenvalue weighted by atomic mass is 32.1. The number of nitrogens with one attached hydrogen (secondary N) is 2. The molecule has 1 aromatic carbocycles. The molecule has 4 heterocycles. The third-order valence-electron chi connectivity index (χ3n) is 4.69. The van der Waals surface area contributed by atoms with Crippen LogP contribution < -0.4 is 10.6 Å². The Morgan fingerprint density at radius 3 is 3.07 bits per heavy atom. The van der Waals surface area contributed by atoms with Crippen LogP contribution in [0.25, 0.3) is 26.8 Å². The zero-order valence-corrected chi connectivity index (χ0v) is 15.3. The molecule has 1 aliphatic rings. The third kappa shape index (κ3) is 2.38. The molecule has 0 spiro atoms. The van der Waals surface area contributed by atoms with E-state index < -0.39 is 0 Å². The first-order chi connectivity index (χ1) is 13.2. The molecule has 6 nitrogen and oxygen atoms in total. The molecule has 0 aliphatic carbocycles. The quantitative estimate of drug-likeness (QED) is 0.503. The number of fused-ring (bicyclic) bond motifs is 5. The van der Waals surface area contributed by atoms with Gasteiger partial charge in [0.1, 0.15) is 10.7 Å². The summed E-state index contributed by atoms with van der Waals surface area (Å²) in [6.07, 6.45) is 8.97. The lowest BCUT2D eigenvalue weighted by Crippen LogP contribution is -2.34. The Morgan fingerprint density at radius 1 is 1.33 bits per heavy atom. The maximum absolute atomic E-state index is 12.5. The van der Waals surface area contributed by atoms with Crippen molar-refractivity contribution < 1.29 is 4.79 Å². The third-order valence-corrected chi connectivity index (χ3v) is 5.85. The second kappa shape index (κ2) is 5.83. The van der Waals surface area contributed by atoms with Gasteiger partial charge in [-0.1, -0.05) is 0 Å². The number of nitrogens with zero attached hydrogens (tertiary/aromatic N) is 3. The van der Waals surface area contributed by atoms with E-state index in [0.717, 1.165) is 31.6 Å². The van der Waals surface area contributed by atoms with Crippen LogP contribution in [0.15, 0.2) is 36.7 Å². The molecule has 7 heteroatoms. The summed E-state index contributed by atoms with van der Waals surface area (Å²) in [6.45, 7) is 2.68. The molecule has 0 fully saturated rings. The van der Waals surface area contributed by atoms with Crippen molar-refractivity contribution in [3.05, 3.63) is 47.4 Å². The van der Waals surface area contributed by atoms with Crippen LogP contribution >= 0.6 is 11.3 Å². The number of pyridine rings is 1. The van der Waals surface area contributed by atoms with Gasteiger partial charge in [0.15, 0.2) is 5.82 Å². The van der Waals surface area contributed by atoms with Crippen LogP contribution in [0.4, 0.5) is 5.69 Å². The van der Waals surface area contributed by atoms with Gasteiger partial charge in [-0.3, -0.25) is 9.36 Å². The van der Waals surface area contributed by atoms with Gasteiger partial charge in [0.25, 0.3) is 5.91 Å². The number of hydrogen-bond donors (Lipinski definition) is 2. The van der Waals surface area contributed by atoms with Gasteiger partial charge in [-0.05, 0) is 37.1 Å². The van der Waals surface area contributed by atoms with Crippen LogP contribution in [-0.2, 0) is 0 Å². The summed E-state index contributed by atoms with van der Waals surface area (Å²) in [5, 5.41) is 8.50. The molecule has 1 atom stereocenters. The molecule has 0 unspecified atom stereocenters. The Labute approximate surface area is 159 Å². The Hall–Kier alpha value is -3.37. The predicted octanol–water partition coefficient (Wildman–Crippen LogP) is 3.16. The molecule has 5 rings (SSSR count). The number of anilines is 1. The minimum atomic E-state index is -0.0292. The van der Waals surface area contributed by atoms with Crippen LogP contribution in [0.3, 0.4) is 0 Å². The van der Waals surface area contributed by atoms with Crippen LogP contribution in [-0.4, -0.2) is 33.0 Å². The molecule has 1 aliphatic heterocycles. The molecule has 2 N–H and O–H groups in total. The van der Waals surface area contributed by atoms with Crippen molar-refractivity contribution in [3.8, 4) is 18.2 Å². The fourth-order valence-electron chi connectivity index (χ4n) is 3.44. The number of hydrogen-bond acceptors (Lipinski definition) is 5. The van der Waals surface area contributed by atoms with Crippen molar-refractivity contribution in [1.29, 1.82) is 0 Å². The van der Waals surface area contributed by atoms with Gasteiger partial charge in [0.2, 0.25) is 0 Å². The molecule has 0 radical (unpaired) electrons. The predicted molar refractivity (Wildman–Crippen MR) is 108 cm³/mol. The number of imidazole rings is 1. The van der Waals surface area contributed by atoms with E-state index in [1.165, 1.54) is 11.3 Å². The van der Waals surface area contributed by atoms with Crippen molar-refractivity contribution in [2.24, 2.45) is 0 Å². The fraction of sp³-hybridized carbons (Fsp3) is 0.150. The van der Waals surface area contributed by atoms with Crippen molar-refractivity contribution in [2.75, 3.05) is 11.9 Å². The summed E-state index contributed by atoms with van der Waals surface area (Å²) in [6, 6.07) is 8.02. The second-order valence-electron chi connectivity index (χ2n) is 6.50. The first-order valence-corrected chi connectivity index (χ1v) is 9.38. The average Bonchev–Trinajstić information content (AvgIpc) is 3.27. The highest BCUT2D eigenvalue weighted by Crippen LogP contribution is 2.40. The molecule has 3 aromatic heterocycles. The van der Waals surface area contributed by atoms with Crippen LogP contribution in [0.5, 0.6) is 0 Å². The Bertz CT molecular complexity index is 1260. The minimum absolute atomic E-state index is 0.0292. The lowest BCUT2D eigenvalue weighted by atomic mass is 10.1. The minimum Gasteiger partial charge on any atom is -0.381 e. The molecule has 1 amide bonds. The van der Waals surface area contributed by atoms with E-state index in [9.17, 15) is 4.79 Å². The van der Waals surface area contributed by atoms with Crippen molar-refractivity contribution in [3.63, 3.8) is 0 Å². The number of carbonyl (C=O) groups is 1. The first-order valence-electron chi connectivity index (χ1n) is 8.57. The Kier molecular flexibility index (Phi) is 3.42. The van der Waals surface area contributed by atoms with Gasteiger partial charge in [0.05, 0.1) is 11.2 Å². The highest BCUT2D eigenvalue weighted by Gasteiger charge is 2.24.